The van der Waals surface area contributed by atoms with Gasteiger partial charge in [-0.15, -0.1) is 21.5 Å². The van der Waals surface area contributed by atoms with Crippen molar-refractivity contribution in [1.82, 2.24) is 14.8 Å². The van der Waals surface area contributed by atoms with Gasteiger partial charge in [0.1, 0.15) is 0 Å². The summed E-state index contributed by atoms with van der Waals surface area (Å²) in [4.78, 5) is 13.7. The quantitative estimate of drug-likeness (QED) is 0.200. The van der Waals surface area contributed by atoms with E-state index in [4.69, 9.17) is 11.6 Å². The number of nitrogens with zero attached hydrogens (tertiary/aromatic N) is 3. The van der Waals surface area contributed by atoms with Gasteiger partial charge in [-0.05, 0) is 59.5 Å². The molecule has 1 amide bonds. The molecule has 0 saturated heterocycles. The number of halogens is 4. The Labute approximate surface area is 229 Å². The zero-order chi connectivity index (χ0) is 26.7. The molecule has 0 fully saturated rings. The van der Waals surface area contributed by atoms with Crippen molar-refractivity contribution in [3.63, 3.8) is 0 Å². The minimum absolute atomic E-state index is 0.0174. The number of aromatic nitrogens is 3. The summed E-state index contributed by atoms with van der Waals surface area (Å²) in [6, 6.07) is 23.4. The number of hydrogen-bond acceptors (Lipinski definition) is 5. The Kier molecular flexibility index (Phi) is 7.55. The predicted octanol–water partition coefficient (Wildman–Crippen LogP) is 8.21. The molecular formula is C27H18ClF3N4OS2. The Morgan fingerprint density at radius 1 is 0.974 bits per heavy atom. The van der Waals surface area contributed by atoms with Gasteiger partial charge >= 0.3 is 6.18 Å². The van der Waals surface area contributed by atoms with E-state index in [1.54, 1.807) is 35.6 Å². The highest BCUT2D eigenvalue weighted by molar-refractivity contribution is 7.98. The first-order chi connectivity index (χ1) is 18.3. The van der Waals surface area contributed by atoms with E-state index in [2.05, 4.69) is 15.5 Å². The average Bonchev–Trinajstić information content (AvgIpc) is 3.59. The van der Waals surface area contributed by atoms with E-state index in [-0.39, 0.29) is 10.7 Å². The van der Waals surface area contributed by atoms with Crippen LogP contribution in [0.25, 0.3) is 16.4 Å². The molecule has 0 aliphatic rings. The molecule has 5 aromatic rings. The highest BCUT2D eigenvalue weighted by Gasteiger charge is 2.31. The normalized spacial score (nSPS) is 11.5. The summed E-state index contributed by atoms with van der Waals surface area (Å²) in [5, 5.41) is 14.0. The number of carbonyl (C=O) groups is 1. The molecule has 0 spiro atoms. The van der Waals surface area contributed by atoms with Crippen LogP contribution in [0, 0.1) is 0 Å². The molecule has 0 radical (unpaired) electrons. The molecule has 0 aliphatic carbocycles. The van der Waals surface area contributed by atoms with Crippen molar-refractivity contribution in [2.45, 2.75) is 17.1 Å². The lowest BCUT2D eigenvalue weighted by Gasteiger charge is -2.12. The molecule has 0 atom stereocenters. The molecule has 38 heavy (non-hydrogen) atoms. The van der Waals surface area contributed by atoms with Crippen LogP contribution in [0.1, 0.15) is 21.5 Å². The Bertz CT molecular complexity index is 1550. The first kappa shape index (κ1) is 26.0. The number of anilines is 1. The molecule has 0 saturated carbocycles. The van der Waals surface area contributed by atoms with Gasteiger partial charge in [0.2, 0.25) is 0 Å². The van der Waals surface area contributed by atoms with Crippen LogP contribution >= 0.6 is 34.7 Å². The summed E-state index contributed by atoms with van der Waals surface area (Å²) in [6.45, 7) is 0. The second-order valence-corrected chi connectivity index (χ2v) is 10.4. The van der Waals surface area contributed by atoms with E-state index >= 15 is 0 Å². The summed E-state index contributed by atoms with van der Waals surface area (Å²) in [6.07, 6.45) is -4.54. The Morgan fingerprint density at radius 3 is 2.42 bits per heavy atom. The van der Waals surface area contributed by atoms with Crippen molar-refractivity contribution in [3.05, 3.63) is 112 Å². The molecule has 2 heterocycles. The number of para-hydroxylation sites is 1. The summed E-state index contributed by atoms with van der Waals surface area (Å²) in [5.41, 5.74) is 1.18. The van der Waals surface area contributed by atoms with Gasteiger partial charge in [0.15, 0.2) is 11.0 Å². The van der Waals surface area contributed by atoms with Gasteiger partial charge in [-0.25, -0.2) is 0 Å². The Morgan fingerprint density at radius 2 is 1.74 bits per heavy atom. The van der Waals surface area contributed by atoms with Gasteiger partial charge in [-0.2, -0.15) is 13.2 Å². The van der Waals surface area contributed by atoms with E-state index in [1.807, 2.05) is 52.4 Å². The van der Waals surface area contributed by atoms with Crippen LogP contribution in [0.3, 0.4) is 0 Å². The first-order valence-electron chi connectivity index (χ1n) is 11.2. The summed E-state index contributed by atoms with van der Waals surface area (Å²) in [7, 11) is 0. The van der Waals surface area contributed by atoms with Crippen molar-refractivity contribution in [2.75, 3.05) is 5.32 Å². The number of thioether (sulfide) groups is 1. The highest BCUT2D eigenvalue weighted by Crippen LogP contribution is 2.34. The number of hydrogen-bond donors (Lipinski definition) is 1. The van der Waals surface area contributed by atoms with E-state index in [0.29, 0.717) is 11.3 Å². The fraction of sp³-hybridized carbons (Fsp3) is 0.0741. The predicted molar refractivity (Wildman–Crippen MR) is 145 cm³/mol. The van der Waals surface area contributed by atoms with Gasteiger partial charge < -0.3 is 5.32 Å². The number of alkyl halides is 3. The summed E-state index contributed by atoms with van der Waals surface area (Å²) >= 11 is 9.09. The molecule has 11 heteroatoms. The monoisotopic (exact) mass is 570 g/mol. The second kappa shape index (κ2) is 11.0. The van der Waals surface area contributed by atoms with E-state index in [0.717, 1.165) is 45.3 Å². The van der Waals surface area contributed by atoms with Crippen LogP contribution in [-0.2, 0) is 11.9 Å². The summed E-state index contributed by atoms with van der Waals surface area (Å²) < 4.78 is 41.1. The first-order valence-corrected chi connectivity index (χ1v) is 13.5. The van der Waals surface area contributed by atoms with Gasteiger partial charge in [-0.1, -0.05) is 59.8 Å². The number of amides is 1. The van der Waals surface area contributed by atoms with Crippen molar-refractivity contribution in [1.29, 1.82) is 0 Å². The maximum absolute atomic E-state index is 13.0. The molecule has 0 unspecified atom stereocenters. The average molecular weight is 571 g/mol. The molecule has 0 aliphatic heterocycles. The molecular weight excluding hydrogens is 553 g/mol. The molecule has 2 aromatic heterocycles. The van der Waals surface area contributed by atoms with Crippen LogP contribution in [-0.4, -0.2) is 20.7 Å². The lowest BCUT2D eigenvalue weighted by atomic mass is 10.1. The molecule has 192 valence electrons. The lowest BCUT2D eigenvalue weighted by molar-refractivity contribution is -0.137. The Hall–Kier alpha value is -3.60. The van der Waals surface area contributed by atoms with Crippen LogP contribution in [0.5, 0.6) is 0 Å². The van der Waals surface area contributed by atoms with Crippen molar-refractivity contribution in [3.8, 4) is 16.4 Å². The molecule has 3 aromatic carbocycles. The third-order valence-corrected chi connectivity index (χ3v) is 7.71. The number of carbonyl (C=O) groups excluding carboxylic acids is 1. The van der Waals surface area contributed by atoms with Crippen LogP contribution < -0.4 is 5.32 Å². The topological polar surface area (TPSA) is 59.8 Å². The molecule has 1 N–H and O–H groups in total. The van der Waals surface area contributed by atoms with E-state index in [1.165, 1.54) is 11.8 Å². The Balaban J connectivity index is 1.30. The number of benzene rings is 3. The maximum Gasteiger partial charge on any atom is 0.416 e. The standard InChI is InChI=1S/C27H18ClF3N4OS2/c28-21-13-12-19(27(29,30)31)15-22(21)32-25(36)18-10-8-17(9-11-18)16-38-26-34-33-24(23-7-4-14-37-23)35(26)20-5-2-1-3-6-20/h1-15H,16H2,(H,32,36). The van der Waals surface area contributed by atoms with Gasteiger partial charge in [0.05, 0.1) is 21.2 Å². The van der Waals surface area contributed by atoms with Crippen molar-refractivity contribution >= 4 is 46.3 Å². The second-order valence-electron chi connectivity index (χ2n) is 8.09. The highest BCUT2D eigenvalue weighted by atomic mass is 35.5. The van der Waals surface area contributed by atoms with E-state index < -0.39 is 17.6 Å². The van der Waals surface area contributed by atoms with Crippen molar-refractivity contribution < 1.29 is 18.0 Å². The SMILES string of the molecule is O=C(Nc1cc(C(F)(F)F)ccc1Cl)c1ccc(CSc2nnc(-c3cccs3)n2-c2ccccc2)cc1. The zero-order valence-electron chi connectivity index (χ0n) is 19.4. The fourth-order valence-corrected chi connectivity index (χ4v) is 5.40. The molecule has 5 nitrogen and oxygen atoms in total. The van der Waals surface area contributed by atoms with Crippen molar-refractivity contribution in [2.24, 2.45) is 0 Å². The third kappa shape index (κ3) is 5.77. The maximum atomic E-state index is 13.0. The third-order valence-electron chi connectivity index (χ3n) is 5.52. The number of rotatable bonds is 7. The number of nitrogens with one attached hydrogen (secondary N) is 1. The molecule has 0 bridgehead atoms. The van der Waals surface area contributed by atoms with Crippen LogP contribution in [0.4, 0.5) is 18.9 Å². The van der Waals surface area contributed by atoms with Gasteiger partial charge in [0.25, 0.3) is 5.91 Å². The largest absolute Gasteiger partial charge is 0.416 e. The van der Waals surface area contributed by atoms with Gasteiger partial charge in [0, 0.05) is 17.0 Å². The van der Waals surface area contributed by atoms with Gasteiger partial charge in [-0.3, -0.25) is 9.36 Å². The zero-order valence-corrected chi connectivity index (χ0v) is 21.8. The lowest BCUT2D eigenvalue weighted by Crippen LogP contribution is -2.13. The minimum atomic E-state index is -4.54. The van der Waals surface area contributed by atoms with E-state index in [9.17, 15) is 18.0 Å². The number of thiophene rings is 1. The smallest absolute Gasteiger partial charge is 0.321 e. The molecule has 5 rings (SSSR count). The van der Waals surface area contributed by atoms with Crippen LogP contribution in [0.15, 0.2) is 95.5 Å². The van der Waals surface area contributed by atoms with Crippen LogP contribution in [0.2, 0.25) is 5.02 Å². The fourth-order valence-electron chi connectivity index (χ4n) is 3.63. The minimum Gasteiger partial charge on any atom is -0.321 e. The summed E-state index contributed by atoms with van der Waals surface area (Å²) in [5.74, 6) is 0.764.